The number of alkyl halides is 1. The van der Waals surface area contributed by atoms with Crippen molar-refractivity contribution in [1.29, 1.82) is 0 Å². The standard InChI is InChI=1S/C18H16ClF3N2O3/c19-13-12(20)4-3-10(14(13)21)8-24-16(26)18(22)6-5-17(27,9-25)15-11(18)2-1-7-23-15/h1-4,7,25,27H,5-6,8-9H2,(H,24,26)/t17-,18+/m1/s1. The molecule has 0 aliphatic heterocycles. The zero-order valence-corrected chi connectivity index (χ0v) is 14.7. The predicted molar refractivity (Wildman–Crippen MR) is 90.5 cm³/mol. The van der Waals surface area contributed by atoms with E-state index in [0.29, 0.717) is 0 Å². The van der Waals surface area contributed by atoms with E-state index in [1.165, 1.54) is 18.3 Å². The third-order valence-corrected chi connectivity index (χ3v) is 5.08. The highest BCUT2D eigenvalue weighted by Crippen LogP contribution is 2.45. The quantitative estimate of drug-likeness (QED) is 0.689. The van der Waals surface area contributed by atoms with Gasteiger partial charge >= 0.3 is 0 Å². The minimum Gasteiger partial charge on any atom is -0.393 e. The largest absolute Gasteiger partial charge is 0.393 e. The maximum atomic E-state index is 15.6. The number of halogens is 4. The molecule has 1 aromatic carbocycles. The molecular formula is C18H16ClF3N2O3. The Morgan fingerprint density at radius 1 is 1.30 bits per heavy atom. The molecule has 3 N–H and O–H groups in total. The number of aromatic nitrogens is 1. The molecule has 1 heterocycles. The molecule has 5 nitrogen and oxygen atoms in total. The second-order valence-electron chi connectivity index (χ2n) is 6.41. The normalized spacial score (nSPS) is 24.4. The highest BCUT2D eigenvalue weighted by molar-refractivity contribution is 6.30. The first-order chi connectivity index (χ1) is 12.7. The first-order valence-electron chi connectivity index (χ1n) is 8.12. The summed E-state index contributed by atoms with van der Waals surface area (Å²) in [6.45, 7) is -1.08. The summed E-state index contributed by atoms with van der Waals surface area (Å²) in [5.41, 5.74) is -4.66. The van der Waals surface area contributed by atoms with Crippen LogP contribution < -0.4 is 5.32 Å². The Labute approximate surface area is 157 Å². The van der Waals surface area contributed by atoms with Crippen LogP contribution in [-0.2, 0) is 22.6 Å². The molecule has 9 heteroatoms. The third kappa shape index (κ3) is 3.28. The Bertz CT molecular complexity index is 898. The number of nitrogens with one attached hydrogen (secondary N) is 1. The molecule has 3 rings (SSSR count). The highest BCUT2D eigenvalue weighted by Gasteiger charge is 2.51. The van der Waals surface area contributed by atoms with Gasteiger partial charge < -0.3 is 15.5 Å². The summed E-state index contributed by atoms with van der Waals surface area (Å²) >= 11 is 5.49. The Balaban J connectivity index is 1.87. The van der Waals surface area contributed by atoms with E-state index in [2.05, 4.69) is 10.3 Å². The zero-order chi connectivity index (χ0) is 19.8. The van der Waals surface area contributed by atoms with Crippen molar-refractivity contribution in [3.63, 3.8) is 0 Å². The van der Waals surface area contributed by atoms with E-state index in [4.69, 9.17) is 11.6 Å². The van der Waals surface area contributed by atoms with E-state index in [-0.39, 0.29) is 23.2 Å². The van der Waals surface area contributed by atoms with Gasteiger partial charge in [0.15, 0.2) is 0 Å². The molecule has 0 fully saturated rings. The van der Waals surface area contributed by atoms with Gasteiger partial charge in [-0.1, -0.05) is 23.7 Å². The number of aliphatic hydroxyl groups excluding tert-OH is 1. The van der Waals surface area contributed by atoms with Crippen LogP contribution in [0, 0.1) is 11.6 Å². The number of amides is 1. The minimum atomic E-state index is -2.52. The summed E-state index contributed by atoms with van der Waals surface area (Å²) in [5, 5.41) is 21.4. The van der Waals surface area contributed by atoms with E-state index in [1.807, 2.05) is 0 Å². The van der Waals surface area contributed by atoms with E-state index in [1.54, 1.807) is 0 Å². The first kappa shape index (κ1) is 19.6. The van der Waals surface area contributed by atoms with Crippen LogP contribution in [0.1, 0.15) is 29.7 Å². The van der Waals surface area contributed by atoms with E-state index in [9.17, 15) is 23.8 Å². The van der Waals surface area contributed by atoms with Crippen molar-refractivity contribution < 1.29 is 28.2 Å². The number of carbonyl (C=O) groups excluding carboxylic acids is 1. The van der Waals surface area contributed by atoms with Crippen LogP contribution in [0.25, 0.3) is 0 Å². The molecule has 144 valence electrons. The first-order valence-corrected chi connectivity index (χ1v) is 8.49. The zero-order valence-electron chi connectivity index (χ0n) is 14.0. The van der Waals surface area contributed by atoms with Crippen molar-refractivity contribution in [2.24, 2.45) is 0 Å². The van der Waals surface area contributed by atoms with Gasteiger partial charge in [0.2, 0.25) is 5.67 Å². The number of nitrogens with zero attached hydrogens (tertiary/aromatic N) is 1. The SMILES string of the molecule is O=C(NCc1ccc(F)c(Cl)c1F)[C@]1(F)CC[C@@](O)(CO)c2ncccc21. The van der Waals surface area contributed by atoms with Crippen LogP contribution in [0.5, 0.6) is 0 Å². The van der Waals surface area contributed by atoms with Crippen LogP contribution in [0.3, 0.4) is 0 Å². The van der Waals surface area contributed by atoms with E-state index in [0.717, 1.165) is 12.1 Å². The number of hydrogen-bond acceptors (Lipinski definition) is 4. The van der Waals surface area contributed by atoms with Crippen LogP contribution in [0.15, 0.2) is 30.5 Å². The molecule has 0 saturated heterocycles. The van der Waals surface area contributed by atoms with Gasteiger partial charge in [-0.05, 0) is 25.0 Å². The van der Waals surface area contributed by atoms with Gasteiger partial charge in [0, 0.05) is 23.9 Å². The Morgan fingerprint density at radius 3 is 2.74 bits per heavy atom. The molecule has 2 atom stereocenters. The number of fused-ring (bicyclic) bond motifs is 1. The fourth-order valence-electron chi connectivity index (χ4n) is 3.14. The van der Waals surface area contributed by atoms with Crippen molar-refractivity contribution >= 4 is 17.5 Å². The lowest BCUT2D eigenvalue weighted by molar-refractivity contribution is -0.138. The molecule has 0 bridgehead atoms. The van der Waals surface area contributed by atoms with Gasteiger partial charge in [-0.2, -0.15) is 0 Å². The van der Waals surface area contributed by atoms with Gasteiger partial charge in [-0.25, -0.2) is 13.2 Å². The molecule has 0 spiro atoms. The van der Waals surface area contributed by atoms with Crippen LogP contribution in [0.4, 0.5) is 13.2 Å². The highest BCUT2D eigenvalue weighted by atomic mass is 35.5. The number of benzene rings is 1. The van der Waals surface area contributed by atoms with Crippen molar-refractivity contribution in [1.82, 2.24) is 10.3 Å². The number of hydrogen-bond donors (Lipinski definition) is 3. The lowest BCUT2D eigenvalue weighted by atomic mass is 9.74. The average Bonchev–Trinajstić information content (AvgIpc) is 2.68. The lowest BCUT2D eigenvalue weighted by Gasteiger charge is -2.38. The predicted octanol–water partition coefficient (Wildman–Crippen LogP) is 2.47. The van der Waals surface area contributed by atoms with E-state index < -0.39 is 53.4 Å². The Kier molecular flexibility index (Phi) is 5.16. The topological polar surface area (TPSA) is 82.5 Å². The van der Waals surface area contributed by atoms with Crippen LogP contribution >= 0.6 is 11.6 Å². The molecule has 0 radical (unpaired) electrons. The molecule has 1 aromatic heterocycles. The third-order valence-electron chi connectivity index (χ3n) is 4.73. The molecule has 1 aliphatic rings. The summed E-state index contributed by atoms with van der Waals surface area (Å²) in [4.78, 5) is 16.5. The van der Waals surface area contributed by atoms with Crippen molar-refractivity contribution in [3.05, 3.63) is 63.9 Å². The average molecular weight is 401 g/mol. The van der Waals surface area contributed by atoms with Gasteiger partial charge in [-0.15, -0.1) is 0 Å². The molecular weight excluding hydrogens is 385 g/mol. The van der Waals surface area contributed by atoms with E-state index >= 15 is 4.39 Å². The minimum absolute atomic E-state index is 0.104. The Morgan fingerprint density at radius 2 is 2.04 bits per heavy atom. The molecule has 0 unspecified atom stereocenters. The summed E-state index contributed by atoms with van der Waals surface area (Å²) in [6.07, 6.45) is 0.689. The second-order valence-corrected chi connectivity index (χ2v) is 6.79. The molecule has 2 aromatic rings. The van der Waals surface area contributed by atoms with Crippen molar-refractivity contribution in [3.8, 4) is 0 Å². The summed E-state index contributed by atoms with van der Waals surface area (Å²) in [6, 6.07) is 4.75. The van der Waals surface area contributed by atoms with Crippen LogP contribution in [-0.4, -0.2) is 27.7 Å². The Hall–Kier alpha value is -2.16. The number of pyridine rings is 1. The van der Waals surface area contributed by atoms with Crippen molar-refractivity contribution in [2.75, 3.05) is 6.61 Å². The molecule has 1 amide bonds. The summed E-state index contributed by atoms with van der Waals surface area (Å²) in [5.74, 6) is -3.04. The molecule has 0 saturated carbocycles. The maximum absolute atomic E-state index is 15.6. The van der Waals surface area contributed by atoms with Gasteiger partial charge in [0.25, 0.3) is 5.91 Å². The molecule has 27 heavy (non-hydrogen) atoms. The number of aliphatic hydroxyl groups is 2. The lowest BCUT2D eigenvalue weighted by Crippen LogP contribution is -2.49. The maximum Gasteiger partial charge on any atom is 0.262 e. The summed E-state index contributed by atoms with van der Waals surface area (Å²) in [7, 11) is 0. The number of carbonyl (C=O) groups is 1. The number of rotatable bonds is 4. The summed E-state index contributed by atoms with van der Waals surface area (Å²) < 4.78 is 42.7. The fourth-order valence-corrected chi connectivity index (χ4v) is 3.32. The fraction of sp³-hybridized carbons (Fsp3) is 0.333. The smallest absolute Gasteiger partial charge is 0.262 e. The van der Waals surface area contributed by atoms with Gasteiger partial charge in [-0.3, -0.25) is 9.78 Å². The van der Waals surface area contributed by atoms with Gasteiger partial charge in [0.05, 0.1) is 12.3 Å². The second kappa shape index (κ2) is 7.10. The van der Waals surface area contributed by atoms with Gasteiger partial charge in [0.1, 0.15) is 22.3 Å². The van der Waals surface area contributed by atoms with Crippen LogP contribution in [0.2, 0.25) is 5.02 Å². The monoisotopic (exact) mass is 400 g/mol. The van der Waals surface area contributed by atoms with Crippen molar-refractivity contribution in [2.45, 2.75) is 30.7 Å². The molecule has 1 aliphatic carbocycles.